The Morgan fingerprint density at radius 3 is 2.62 bits per heavy atom. The molecular formula is C12H16FNO2. The van der Waals surface area contributed by atoms with E-state index >= 15 is 0 Å². The Hall–Kier alpha value is -0.970. The van der Waals surface area contributed by atoms with Crippen LogP contribution in [0.3, 0.4) is 0 Å². The SMILES string of the molecule is Cc1ccc(C2(CN)OCCCO2)cc1F. The molecule has 0 aliphatic carbocycles. The van der Waals surface area contributed by atoms with E-state index in [1.54, 1.807) is 19.1 Å². The Bertz CT molecular complexity index is 375. The molecule has 0 amide bonds. The van der Waals surface area contributed by atoms with Crippen LogP contribution in [0.4, 0.5) is 4.39 Å². The van der Waals surface area contributed by atoms with Gasteiger partial charge in [-0.1, -0.05) is 12.1 Å². The number of aryl methyl sites for hydroxylation is 1. The normalized spacial score (nSPS) is 19.7. The second kappa shape index (κ2) is 4.49. The Labute approximate surface area is 94.3 Å². The Balaban J connectivity index is 2.35. The highest BCUT2D eigenvalue weighted by atomic mass is 19.1. The molecule has 88 valence electrons. The van der Waals surface area contributed by atoms with Crippen molar-refractivity contribution in [3.63, 3.8) is 0 Å². The molecule has 1 saturated heterocycles. The lowest BCUT2D eigenvalue weighted by molar-refractivity contribution is -0.269. The molecule has 0 radical (unpaired) electrons. The zero-order chi connectivity index (χ0) is 11.6. The zero-order valence-corrected chi connectivity index (χ0v) is 9.33. The van der Waals surface area contributed by atoms with E-state index in [1.165, 1.54) is 6.07 Å². The largest absolute Gasteiger partial charge is 0.345 e. The topological polar surface area (TPSA) is 44.5 Å². The quantitative estimate of drug-likeness (QED) is 0.833. The van der Waals surface area contributed by atoms with Gasteiger partial charge in [0.2, 0.25) is 5.79 Å². The number of hydrogen-bond acceptors (Lipinski definition) is 3. The van der Waals surface area contributed by atoms with Gasteiger partial charge in [0.1, 0.15) is 5.82 Å². The summed E-state index contributed by atoms with van der Waals surface area (Å²) in [5.74, 6) is -1.23. The standard InChI is InChI=1S/C12H16FNO2/c1-9-3-4-10(7-11(9)13)12(8-14)15-5-2-6-16-12/h3-4,7H,2,5-6,8,14H2,1H3. The van der Waals surface area contributed by atoms with Crippen molar-refractivity contribution in [3.05, 3.63) is 35.1 Å². The minimum Gasteiger partial charge on any atom is -0.345 e. The van der Waals surface area contributed by atoms with Crippen molar-refractivity contribution in [3.8, 4) is 0 Å². The lowest BCUT2D eigenvalue weighted by atomic mass is 10.0. The molecule has 1 aliphatic heterocycles. The second-order valence-electron chi connectivity index (χ2n) is 3.97. The smallest absolute Gasteiger partial charge is 0.207 e. The fourth-order valence-corrected chi connectivity index (χ4v) is 1.81. The molecule has 0 saturated carbocycles. The molecule has 2 N–H and O–H groups in total. The molecule has 1 fully saturated rings. The first-order valence-electron chi connectivity index (χ1n) is 5.42. The van der Waals surface area contributed by atoms with Crippen LogP contribution in [0.15, 0.2) is 18.2 Å². The van der Waals surface area contributed by atoms with Crippen molar-refractivity contribution in [2.45, 2.75) is 19.1 Å². The maximum absolute atomic E-state index is 13.5. The van der Waals surface area contributed by atoms with Gasteiger partial charge in [0.05, 0.1) is 19.8 Å². The molecular weight excluding hydrogens is 209 g/mol. The average molecular weight is 225 g/mol. The van der Waals surface area contributed by atoms with Gasteiger partial charge in [-0.2, -0.15) is 0 Å². The molecule has 1 aromatic rings. The summed E-state index contributed by atoms with van der Waals surface area (Å²) in [5.41, 5.74) is 6.94. The summed E-state index contributed by atoms with van der Waals surface area (Å²) in [7, 11) is 0. The van der Waals surface area contributed by atoms with E-state index in [9.17, 15) is 4.39 Å². The van der Waals surface area contributed by atoms with Crippen LogP contribution in [0, 0.1) is 12.7 Å². The van der Waals surface area contributed by atoms with Crippen molar-refractivity contribution < 1.29 is 13.9 Å². The summed E-state index contributed by atoms with van der Waals surface area (Å²) >= 11 is 0. The Morgan fingerprint density at radius 1 is 1.38 bits per heavy atom. The van der Waals surface area contributed by atoms with Crippen LogP contribution in [0.1, 0.15) is 17.5 Å². The highest BCUT2D eigenvalue weighted by molar-refractivity contribution is 5.27. The number of benzene rings is 1. The number of halogens is 1. The summed E-state index contributed by atoms with van der Waals surface area (Å²) in [6, 6.07) is 4.95. The Kier molecular flexibility index (Phi) is 3.23. The monoisotopic (exact) mass is 225 g/mol. The van der Waals surface area contributed by atoms with Gasteiger partial charge >= 0.3 is 0 Å². The van der Waals surface area contributed by atoms with Crippen molar-refractivity contribution in [2.75, 3.05) is 19.8 Å². The summed E-state index contributed by atoms with van der Waals surface area (Å²) in [6.45, 7) is 3.09. The molecule has 0 unspecified atom stereocenters. The van der Waals surface area contributed by atoms with Gasteiger partial charge in [-0.15, -0.1) is 0 Å². The van der Waals surface area contributed by atoms with Gasteiger partial charge in [0.15, 0.2) is 0 Å². The number of nitrogens with two attached hydrogens (primary N) is 1. The molecule has 2 rings (SSSR count). The molecule has 4 heteroatoms. The van der Waals surface area contributed by atoms with Gasteiger partial charge in [0, 0.05) is 5.56 Å². The summed E-state index contributed by atoms with van der Waals surface area (Å²) < 4.78 is 24.7. The highest BCUT2D eigenvalue weighted by Gasteiger charge is 2.35. The first-order valence-corrected chi connectivity index (χ1v) is 5.42. The molecule has 0 aromatic heterocycles. The van der Waals surface area contributed by atoms with E-state index in [1.807, 2.05) is 0 Å². The third-order valence-electron chi connectivity index (χ3n) is 2.84. The van der Waals surface area contributed by atoms with Crippen LogP contribution in [-0.2, 0) is 15.3 Å². The highest BCUT2D eigenvalue weighted by Crippen LogP contribution is 2.30. The summed E-state index contributed by atoms with van der Waals surface area (Å²) in [4.78, 5) is 0. The zero-order valence-electron chi connectivity index (χ0n) is 9.33. The van der Waals surface area contributed by atoms with Crippen molar-refractivity contribution in [2.24, 2.45) is 5.73 Å². The van der Waals surface area contributed by atoms with E-state index in [0.717, 1.165) is 6.42 Å². The molecule has 1 aliphatic rings. The third-order valence-corrected chi connectivity index (χ3v) is 2.84. The van der Waals surface area contributed by atoms with Crippen molar-refractivity contribution in [1.82, 2.24) is 0 Å². The van der Waals surface area contributed by atoms with Crippen molar-refractivity contribution >= 4 is 0 Å². The summed E-state index contributed by atoms with van der Waals surface area (Å²) in [6.07, 6.45) is 0.843. The average Bonchev–Trinajstić information content (AvgIpc) is 2.33. The fraction of sp³-hybridized carbons (Fsp3) is 0.500. The predicted molar refractivity (Wildman–Crippen MR) is 58.4 cm³/mol. The maximum atomic E-state index is 13.5. The minimum absolute atomic E-state index is 0.190. The van der Waals surface area contributed by atoms with E-state index in [0.29, 0.717) is 24.3 Å². The van der Waals surface area contributed by atoms with Crippen LogP contribution in [0.2, 0.25) is 0 Å². The van der Waals surface area contributed by atoms with Crippen LogP contribution < -0.4 is 5.73 Å². The minimum atomic E-state index is -0.965. The molecule has 0 atom stereocenters. The van der Waals surface area contributed by atoms with Gasteiger partial charge in [-0.05, 0) is 25.0 Å². The fourth-order valence-electron chi connectivity index (χ4n) is 1.81. The molecule has 3 nitrogen and oxygen atoms in total. The predicted octanol–water partition coefficient (Wildman–Crippen LogP) is 1.68. The van der Waals surface area contributed by atoms with Crippen LogP contribution in [-0.4, -0.2) is 19.8 Å². The lowest BCUT2D eigenvalue weighted by Crippen LogP contribution is -2.44. The first-order chi connectivity index (χ1) is 7.68. The van der Waals surface area contributed by atoms with E-state index in [4.69, 9.17) is 15.2 Å². The van der Waals surface area contributed by atoms with Crippen LogP contribution >= 0.6 is 0 Å². The van der Waals surface area contributed by atoms with Crippen LogP contribution in [0.5, 0.6) is 0 Å². The van der Waals surface area contributed by atoms with E-state index < -0.39 is 5.79 Å². The summed E-state index contributed by atoms with van der Waals surface area (Å²) in [5, 5.41) is 0. The Morgan fingerprint density at radius 2 is 2.06 bits per heavy atom. The molecule has 0 bridgehead atoms. The van der Waals surface area contributed by atoms with Gasteiger partial charge in [0.25, 0.3) is 0 Å². The van der Waals surface area contributed by atoms with Gasteiger partial charge in [-0.25, -0.2) is 4.39 Å². The number of hydrogen-bond donors (Lipinski definition) is 1. The van der Waals surface area contributed by atoms with Crippen molar-refractivity contribution in [1.29, 1.82) is 0 Å². The third kappa shape index (κ3) is 1.96. The first kappa shape index (κ1) is 11.5. The number of rotatable bonds is 2. The lowest BCUT2D eigenvalue weighted by Gasteiger charge is -2.36. The van der Waals surface area contributed by atoms with Gasteiger partial charge < -0.3 is 15.2 Å². The maximum Gasteiger partial charge on any atom is 0.207 e. The molecule has 1 heterocycles. The van der Waals surface area contributed by atoms with E-state index in [-0.39, 0.29) is 12.4 Å². The molecule has 16 heavy (non-hydrogen) atoms. The van der Waals surface area contributed by atoms with E-state index in [2.05, 4.69) is 0 Å². The van der Waals surface area contributed by atoms with Gasteiger partial charge in [-0.3, -0.25) is 0 Å². The van der Waals surface area contributed by atoms with Crippen LogP contribution in [0.25, 0.3) is 0 Å². The second-order valence-corrected chi connectivity index (χ2v) is 3.97. The number of ether oxygens (including phenoxy) is 2. The molecule has 0 spiro atoms. The molecule has 1 aromatic carbocycles.